The number of Topliss-reactive ketones (excluding diaryl/α,β-unsaturated/α-hetero) is 1. The molecule has 45 heavy (non-hydrogen) atoms. The number of pyridine rings is 1. The van der Waals surface area contributed by atoms with E-state index in [0.29, 0.717) is 23.5 Å². The number of allylic oxidation sites excluding steroid dienone is 3. The van der Waals surface area contributed by atoms with Crippen LogP contribution in [0.1, 0.15) is 72.0 Å². The summed E-state index contributed by atoms with van der Waals surface area (Å²) in [4.78, 5) is 37.3. The number of fused-ring (bicyclic) bond motifs is 5. The van der Waals surface area contributed by atoms with Gasteiger partial charge in [0.2, 0.25) is 5.78 Å². The van der Waals surface area contributed by atoms with Crippen molar-refractivity contribution in [2.75, 3.05) is 57.7 Å². The highest BCUT2D eigenvalue weighted by atomic mass is 16.1. The number of nitrogens with one attached hydrogen (secondary N) is 3. The van der Waals surface area contributed by atoms with Gasteiger partial charge in [0.25, 0.3) is 0 Å². The second-order valence-corrected chi connectivity index (χ2v) is 14.9. The molecule has 4 fully saturated rings. The van der Waals surface area contributed by atoms with Crippen LogP contribution >= 0.6 is 0 Å². The topological polar surface area (TPSA) is 89.6 Å². The number of carbonyl (C=O) groups excluding carboxylic acids is 2. The van der Waals surface area contributed by atoms with Crippen molar-refractivity contribution in [2.45, 2.75) is 66.3 Å². The molecule has 0 radical (unpaired) electrons. The number of piperazine rings is 2. The standard InChI is InChI=1S/C37H52N6O2/c1-6-40-29-8-7-13-41-33(29)30-22-39-16-19-43(30)35-34(42-17-14-38-15-18-42)31(45)21-25-9-10-26-27(37(25,35)5)11-12-36(4)28(26)20-23(2)32(36)24(3)44/h7-8,11,13,21,23,26,28,30,32,38-40H,6,9-10,12,14-20,22H2,1-5H3/t23?,26-,28+,30?,32-,36+,37+/m1/s1. The van der Waals surface area contributed by atoms with E-state index >= 15 is 0 Å². The van der Waals surface area contributed by atoms with Crippen LogP contribution in [0.15, 0.2) is 53.0 Å². The summed E-state index contributed by atoms with van der Waals surface area (Å²) >= 11 is 0. The van der Waals surface area contributed by atoms with Crippen LogP contribution < -0.4 is 16.0 Å². The van der Waals surface area contributed by atoms with Crippen molar-refractivity contribution in [1.82, 2.24) is 25.4 Å². The zero-order chi connectivity index (χ0) is 31.5. The average Bonchev–Trinajstić information content (AvgIpc) is 3.32. The van der Waals surface area contributed by atoms with Crippen molar-refractivity contribution in [2.24, 2.45) is 34.5 Å². The third-order valence-electron chi connectivity index (χ3n) is 12.5. The summed E-state index contributed by atoms with van der Waals surface area (Å²) < 4.78 is 0. The minimum absolute atomic E-state index is 0.00100. The molecule has 8 nitrogen and oxygen atoms in total. The normalized spacial score (nSPS) is 36.6. The molecule has 0 amide bonds. The molecule has 8 heteroatoms. The second-order valence-electron chi connectivity index (χ2n) is 14.9. The summed E-state index contributed by atoms with van der Waals surface area (Å²) in [6.07, 6.45) is 10.5. The second kappa shape index (κ2) is 11.7. The van der Waals surface area contributed by atoms with E-state index in [0.717, 1.165) is 95.1 Å². The minimum atomic E-state index is -0.376. The Morgan fingerprint density at radius 1 is 1.16 bits per heavy atom. The van der Waals surface area contributed by atoms with Crippen LogP contribution in [-0.2, 0) is 9.59 Å². The van der Waals surface area contributed by atoms with Crippen LogP contribution in [0.25, 0.3) is 0 Å². The number of nitrogens with zero attached hydrogens (tertiary/aromatic N) is 3. The van der Waals surface area contributed by atoms with E-state index < -0.39 is 0 Å². The van der Waals surface area contributed by atoms with E-state index in [1.54, 1.807) is 0 Å². The zero-order valence-electron chi connectivity index (χ0n) is 27.9. The Hall–Kier alpha value is -2.97. The molecule has 1 aromatic heterocycles. The number of hydrogen-bond donors (Lipinski definition) is 3. The SMILES string of the molecule is CCNc1cccnc1C1CNCCN1C1=C(N2CCNCC2)C(=O)C=C2CC[C@@H]3C(=CC[C@]4(C)[C@@H](C(C)=O)C(C)C[C@@H]34)[C@]21C. The van der Waals surface area contributed by atoms with Crippen molar-refractivity contribution in [3.05, 3.63) is 58.7 Å². The minimum Gasteiger partial charge on any atom is -0.384 e. The number of anilines is 1. The number of ketones is 2. The molecule has 3 N–H and O–H groups in total. The fraction of sp³-hybridized carbons (Fsp3) is 0.649. The molecule has 1 aromatic rings. The van der Waals surface area contributed by atoms with Crippen LogP contribution in [0.5, 0.6) is 0 Å². The molecule has 242 valence electrons. The maximum absolute atomic E-state index is 14.4. The summed E-state index contributed by atoms with van der Waals surface area (Å²) in [5, 5.41) is 10.7. The molecule has 4 aliphatic carbocycles. The van der Waals surface area contributed by atoms with Crippen LogP contribution in [0.2, 0.25) is 0 Å². The van der Waals surface area contributed by atoms with Gasteiger partial charge in [-0.2, -0.15) is 0 Å². The predicted molar refractivity (Wildman–Crippen MR) is 178 cm³/mol. The van der Waals surface area contributed by atoms with Gasteiger partial charge in [0, 0.05) is 64.5 Å². The van der Waals surface area contributed by atoms with Crippen LogP contribution in [0.4, 0.5) is 5.69 Å². The number of rotatable bonds is 6. The van der Waals surface area contributed by atoms with Crippen molar-refractivity contribution >= 4 is 17.3 Å². The van der Waals surface area contributed by atoms with Crippen LogP contribution in [0.3, 0.4) is 0 Å². The molecule has 0 bridgehead atoms. The van der Waals surface area contributed by atoms with E-state index in [2.05, 4.69) is 65.6 Å². The summed E-state index contributed by atoms with van der Waals surface area (Å²) in [5.74, 6) is 1.94. The lowest BCUT2D eigenvalue weighted by atomic mass is 9.51. The van der Waals surface area contributed by atoms with Gasteiger partial charge in [0.1, 0.15) is 11.5 Å². The first-order chi connectivity index (χ1) is 21.7. The Morgan fingerprint density at radius 2 is 1.93 bits per heavy atom. The Labute approximate surface area is 269 Å². The third-order valence-corrected chi connectivity index (χ3v) is 12.5. The van der Waals surface area contributed by atoms with Gasteiger partial charge in [0.05, 0.1) is 28.5 Å². The molecule has 2 saturated carbocycles. The molecule has 7 rings (SSSR count). The molecule has 6 aliphatic rings. The van der Waals surface area contributed by atoms with Crippen molar-refractivity contribution in [1.29, 1.82) is 0 Å². The van der Waals surface area contributed by atoms with Gasteiger partial charge >= 0.3 is 0 Å². The smallest absolute Gasteiger partial charge is 0.203 e. The fourth-order valence-electron chi connectivity index (χ4n) is 10.8. The van der Waals surface area contributed by atoms with Crippen molar-refractivity contribution in [3.8, 4) is 0 Å². The first kappa shape index (κ1) is 30.7. The maximum atomic E-state index is 14.4. The molecular formula is C37H52N6O2. The fourth-order valence-corrected chi connectivity index (χ4v) is 10.8. The van der Waals surface area contributed by atoms with E-state index in [9.17, 15) is 9.59 Å². The third kappa shape index (κ3) is 4.72. The summed E-state index contributed by atoms with van der Waals surface area (Å²) in [7, 11) is 0. The monoisotopic (exact) mass is 612 g/mol. The molecule has 7 atom stereocenters. The molecule has 0 spiro atoms. The Morgan fingerprint density at radius 3 is 2.69 bits per heavy atom. The highest BCUT2D eigenvalue weighted by Gasteiger charge is 2.61. The van der Waals surface area contributed by atoms with Crippen LogP contribution in [-0.4, -0.2) is 78.7 Å². The molecule has 2 unspecified atom stereocenters. The molecule has 2 aliphatic heterocycles. The van der Waals surface area contributed by atoms with Gasteiger partial charge < -0.3 is 25.8 Å². The summed E-state index contributed by atoms with van der Waals surface area (Å²) in [5.41, 5.74) is 6.59. The molecule has 0 aromatic carbocycles. The van der Waals surface area contributed by atoms with Gasteiger partial charge in [-0.15, -0.1) is 0 Å². The van der Waals surface area contributed by atoms with Gasteiger partial charge in [0.15, 0.2) is 0 Å². The van der Waals surface area contributed by atoms with Crippen molar-refractivity contribution < 1.29 is 9.59 Å². The van der Waals surface area contributed by atoms with Gasteiger partial charge in [-0.3, -0.25) is 14.6 Å². The number of hydrogen-bond acceptors (Lipinski definition) is 8. The zero-order valence-corrected chi connectivity index (χ0v) is 27.9. The Bertz CT molecular complexity index is 1460. The molecular weight excluding hydrogens is 560 g/mol. The quantitative estimate of drug-likeness (QED) is 0.399. The highest BCUT2D eigenvalue weighted by molar-refractivity contribution is 6.06. The first-order valence-corrected chi connectivity index (χ1v) is 17.5. The first-order valence-electron chi connectivity index (χ1n) is 17.5. The number of carbonyl (C=O) groups is 2. The average molecular weight is 613 g/mol. The Kier molecular flexibility index (Phi) is 7.96. The van der Waals surface area contributed by atoms with E-state index in [-0.39, 0.29) is 28.6 Å². The Balaban J connectivity index is 1.41. The van der Waals surface area contributed by atoms with Gasteiger partial charge in [-0.1, -0.05) is 31.1 Å². The molecule has 2 saturated heterocycles. The van der Waals surface area contributed by atoms with E-state index in [4.69, 9.17) is 4.98 Å². The largest absolute Gasteiger partial charge is 0.384 e. The van der Waals surface area contributed by atoms with Gasteiger partial charge in [-0.25, -0.2) is 0 Å². The lowest BCUT2D eigenvalue weighted by Crippen LogP contribution is -2.55. The number of aromatic nitrogens is 1. The van der Waals surface area contributed by atoms with E-state index in [1.807, 2.05) is 25.3 Å². The lowest BCUT2D eigenvalue weighted by molar-refractivity contribution is -0.126. The van der Waals surface area contributed by atoms with E-state index in [1.165, 1.54) is 16.8 Å². The summed E-state index contributed by atoms with van der Waals surface area (Å²) in [6.45, 7) is 17.8. The van der Waals surface area contributed by atoms with Crippen LogP contribution in [0, 0.1) is 34.5 Å². The van der Waals surface area contributed by atoms with Gasteiger partial charge in [-0.05, 0) is 87.8 Å². The predicted octanol–water partition coefficient (Wildman–Crippen LogP) is 4.70. The molecule has 3 heterocycles. The summed E-state index contributed by atoms with van der Waals surface area (Å²) in [6, 6.07) is 4.14. The highest BCUT2D eigenvalue weighted by Crippen LogP contribution is 2.67. The lowest BCUT2D eigenvalue weighted by Gasteiger charge is -2.57. The maximum Gasteiger partial charge on any atom is 0.203 e. The van der Waals surface area contributed by atoms with Crippen molar-refractivity contribution in [3.63, 3.8) is 0 Å².